The van der Waals surface area contributed by atoms with E-state index < -0.39 is 0 Å². The summed E-state index contributed by atoms with van der Waals surface area (Å²) in [5, 5.41) is 13.5. The van der Waals surface area contributed by atoms with Gasteiger partial charge in [0.25, 0.3) is 5.91 Å². The first-order chi connectivity index (χ1) is 12.3. The molecule has 0 radical (unpaired) electrons. The molecule has 0 saturated carbocycles. The Morgan fingerprint density at radius 2 is 2.12 bits per heavy atom. The number of carbonyl (C=O) groups excluding carboxylic acids is 1. The van der Waals surface area contributed by atoms with Crippen LogP contribution >= 0.6 is 0 Å². The lowest BCUT2D eigenvalue weighted by Crippen LogP contribution is -2.29. The predicted molar refractivity (Wildman–Crippen MR) is 97.5 cm³/mol. The molecule has 25 heavy (non-hydrogen) atoms. The second kappa shape index (κ2) is 7.37. The van der Waals surface area contributed by atoms with Gasteiger partial charge in [0.05, 0.1) is 0 Å². The molecule has 1 amide bonds. The van der Waals surface area contributed by atoms with Crippen LogP contribution in [0.25, 0.3) is 0 Å². The molecule has 6 nitrogen and oxygen atoms in total. The third kappa shape index (κ3) is 3.75. The van der Waals surface area contributed by atoms with Crippen LogP contribution in [0, 0.1) is 0 Å². The number of aromatic nitrogens is 2. The molecule has 6 heteroatoms. The summed E-state index contributed by atoms with van der Waals surface area (Å²) in [7, 11) is 0. The van der Waals surface area contributed by atoms with Gasteiger partial charge in [0.2, 0.25) is 0 Å². The summed E-state index contributed by atoms with van der Waals surface area (Å²) in [5.74, 6) is -0.142. The van der Waals surface area contributed by atoms with Gasteiger partial charge in [0.15, 0.2) is 5.69 Å². The van der Waals surface area contributed by atoms with Crippen LogP contribution in [0.2, 0.25) is 0 Å². The number of piperidine rings is 1. The number of aromatic amines is 1. The van der Waals surface area contributed by atoms with Gasteiger partial charge in [-0.1, -0.05) is 18.6 Å². The second-order valence-electron chi connectivity index (χ2n) is 6.95. The van der Waals surface area contributed by atoms with E-state index in [1.54, 1.807) is 0 Å². The molecule has 4 rings (SSSR count). The van der Waals surface area contributed by atoms with Crippen molar-refractivity contribution in [2.75, 3.05) is 25.0 Å². The quantitative estimate of drug-likeness (QED) is 0.799. The van der Waals surface area contributed by atoms with Crippen molar-refractivity contribution in [2.45, 2.75) is 38.8 Å². The fourth-order valence-electron chi connectivity index (χ4n) is 3.73. The van der Waals surface area contributed by atoms with Gasteiger partial charge < -0.3 is 10.6 Å². The summed E-state index contributed by atoms with van der Waals surface area (Å²) < 4.78 is 0. The van der Waals surface area contributed by atoms with Crippen molar-refractivity contribution >= 4 is 11.6 Å². The maximum atomic E-state index is 12.6. The third-order valence-corrected chi connectivity index (χ3v) is 5.06. The standard InChI is InChI=1S/C19H25N5O/c25-19(18-16-12-20-8-7-17(16)22-23-18)21-15-6-4-5-14(11-15)13-24-9-2-1-3-10-24/h4-6,11,20H,1-3,7-10,12-13H2,(H,21,25)(H,22,23). The number of nitrogens with one attached hydrogen (secondary N) is 3. The molecule has 1 saturated heterocycles. The maximum Gasteiger partial charge on any atom is 0.276 e. The average Bonchev–Trinajstić information content (AvgIpc) is 3.07. The number of hydrogen-bond acceptors (Lipinski definition) is 4. The highest BCUT2D eigenvalue weighted by atomic mass is 16.1. The molecule has 132 valence electrons. The van der Waals surface area contributed by atoms with E-state index in [2.05, 4.69) is 37.9 Å². The number of amides is 1. The highest BCUT2D eigenvalue weighted by molar-refractivity contribution is 6.04. The summed E-state index contributed by atoms with van der Waals surface area (Å²) in [6, 6.07) is 8.15. The molecule has 1 aromatic carbocycles. The first-order valence-electron chi connectivity index (χ1n) is 9.19. The Morgan fingerprint density at radius 1 is 1.24 bits per heavy atom. The van der Waals surface area contributed by atoms with Crippen LogP contribution in [-0.4, -0.2) is 40.6 Å². The van der Waals surface area contributed by atoms with E-state index >= 15 is 0 Å². The topological polar surface area (TPSA) is 73.0 Å². The Hall–Kier alpha value is -2.18. The van der Waals surface area contributed by atoms with Crippen molar-refractivity contribution in [2.24, 2.45) is 0 Å². The van der Waals surface area contributed by atoms with E-state index in [9.17, 15) is 4.79 Å². The molecule has 1 fully saturated rings. The molecule has 0 unspecified atom stereocenters. The van der Waals surface area contributed by atoms with Crippen molar-refractivity contribution in [3.63, 3.8) is 0 Å². The molecule has 0 bridgehead atoms. The molecule has 2 aliphatic heterocycles. The van der Waals surface area contributed by atoms with Crippen molar-refractivity contribution in [1.82, 2.24) is 20.4 Å². The molecule has 3 N–H and O–H groups in total. The summed E-state index contributed by atoms with van der Waals surface area (Å²) in [4.78, 5) is 15.1. The van der Waals surface area contributed by atoms with Crippen molar-refractivity contribution in [3.8, 4) is 0 Å². The molecule has 3 heterocycles. The monoisotopic (exact) mass is 339 g/mol. The minimum atomic E-state index is -0.142. The minimum Gasteiger partial charge on any atom is -0.321 e. The summed E-state index contributed by atoms with van der Waals surface area (Å²) in [6.07, 6.45) is 4.81. The van der Waals surface area contributed by atoms with Gasteiger partial charge in [0, 0.05) is 43.0 Å². The summed E-state index contributed by atoms with van der Waals surface area (Å²) in [6.45, 7) is 4.91. The molecule has 1 aromatic heterocycles. The number of fused-ring (bicyclic) bond motifs is 1. The van der Waals surface area contributed by atoms with Gasteiger partial charge in [0.1, 0.15) is 0 Å². The Kier molecular flexibility index (Phi) is 4.81. The molecular formula is C19H25N5O. The minimum absolute atomic E-state index is 0.142. The lowest BCUT2D eigenvalue weighted by Gasteiger charge is -2.26. The normalized spacial score (nSPS) is 17.9. The van der Waals surface area contributed by atoms with Crippen LogP contribution in [0.3, 0.4) is 0 Å². The zero-order chi connectivity index (χ0) is 17.1. The molecule has 0 aliphatic carbocycles. The van der Waals surface area contributed by atoms with E-state index in [1.165, 1.54) is 37.9 Å². The Balaban J connectivity index is 1.44. The maximum absolute atomic E-state index is 12.6. The van der Waals surface area contributed by atoms with Gasteiger partial charge in [-0.25, -0.2) is 0 Å². The van der Waals surface area contributed by atoms with Gasteiger partial charge in [-0.2, -0.15) is 5.10 Å². The first-order valence-corrected chi connectivity index (χ1v) is 9.19. The van der Waals surface area contributed by atoms with Crippen LogP contribution in [0.5, 0.6) is 0 Å². The van der Waals surface area contributed by atoms with Crippen LogP contribution in [0.15, 0.2) is 24.3 Å². The Bertz CT molecular complexity index is 748. The predicted octanol–water partition coefficient (Wildman–Crippen LogP) is 2.29. The second-order valence-corrected chi connectivity index (χ2v) is 6.95. The van der Waals surface area contributed by atoms with Crippen molar-refractivity contribution < 1.29 is 4.79 Å². The fraction of sp³-hybridized carbons (Fsp3) is 0.474. The molecule has 0 atom stereocenters. The Labute approximate surface area is 148 Å². The van der Waals surface area contributed by atoms with E-state index in [1.807, 2.05) is 12.1 Å². The van der Waals surface area contributed by atoms with Crippen LogP contribution in [0.4, 0.5) is 5.69 Å². The number of anilines is 1. The summed E-state index contributed by atoms with van der Waals surface area (Å²) >= 11 is 0. The fourth-order valence-corrected chi connectivity index (χ4v) is 3.73. The number of carbonyl (C=O) groups is 1. The largest absolute Gasteiger partial charge is 0.321 e. The highest BCUT2D eigenvalue weighted by Gasteiger charge is 2.21. The molecular weight excluding hydrogens is 314 g/mol. The first kappa shape index (κ1) is 16.3. The Morgan fingerprint density at radius 3 is 3.00 bits per heavy atom. The summed E-state index contributed by atoms with van der Waals surface area (Å²) in [5.41, 5.74) is 4.64. The SMILES string of the molecule is O=C(Nc1cccc(CN2CCCCC2)c1)c1n[nH]c2c1CNCC2. The van der Waals surface area contributed by atoms with Gasteiger partial charge >= 0.3 is 0 Å². The molecule has 2 aromatic rings. The van der Waals surface area contributed by atoms with E-state index in [0.717, 1.165) is 36.5 Å². The number of likely N-dealkylation sites (tertiary alicyclic amines) is 1. The number of benzene rings is 1. The van der Waals surface area contributed by atoms with Gasteiger partial charge in [-0.3, -0.25) is 14.8 Å². The van der Waals surface area contributed by atoms with Crippen LogP contribution in [0.1, 0.15) is 46.6 Å². The van der Waals surface area contributed by atoms with Gasteiger partial charge in [-0.05, 0) is 43.6 Å². The van der Waals surface area contributed by atoms with Crippen LogP contribution < -0.4 is 10.6 Å². The lowest BCUT2D eigenvalue weighted by molar-refractivity contribution is 0.102. The number of nitrogens with zero attached hydrogens (tertiary/aromatic N) is 2. The molecule has 0 spiro atoms. The smallest absolute Gasteiger partial charge is 0.276 e. The van der Waals surface area contributed by atoms with Crippen LogP contribution in [-0.2, 0) is 19.5 Å². The number of H-pyrrole nitrogens is 1. The third-order valence-electron chi connectivity index (χ3n) is 5.06. The average molecular weight is 339 g/mol. The van der Waals surface area contributed by atoms with Gasteiger partial charge in [-0.15, -0.1) is 0 Å². The number of rotatable bonds is 4. The zero-order valence-electron chi connectivity index (χ0n) is 14.5. The lowest BCUT2D eigenvalue weighted by atomic mass is 10.1. The van der Waals surface area contributed by atoms with E-state index in [4.69, 9.17) is 0 Å². The molecule has 2 aliphatic rings. The van der Waals surface area contributed by atoms with Crippen molar-refractivity contribution in [1.29, 1.82) is 0 Å². The number of hydrogen-bond donors (Lipinski definition) is 3. The zero-order valence-corrected chi connectivity index (χ0v) is 14.5. The van der Waals surface area contributed by atoms with E-state index in [-0.39, 0.29) is 5.91 Å². The van der Waals surface area contributed by atoms with Crippen molar-refractivity contribution in [3.05, 3.63) is 46.8 Å². The highest BCUT2D eigenvalue weighted by Crippen LogP contribution is 2.19. The van der Waals surface area contributed by atoms with E-state index in [0.29, 0.717) is 12.2 Å².